The number of aromatic nitrogens is 1. The highest BCUT2D eigenvalue weighted by Gasteiger charge is 2.43. The number of aliphatic imine (C=N–C) groups is 1. The van der Waals surface area contributed by atoms with Crippen molar-refractivity contribution in [1.29, 1.82) is 0 Å². The quantitative estimate of drug-likeness (QED) is 0.596. The van der Waals surface area contributed by atoms with E-state index in [-0.39, 0.29) is 28.5 Å². The Balaban J connectivity index is 2.08. The average molecular weight is 385 g/mol. The summed E-state index contributed by atoms with van der Waals surface area (Å²) in [5.74, 6) is -0.221. The maximum atomic E-state index is 13.4. The van der Waals surface area contributed by atoms with E-state index in [1.54, 1.807) is 18.2 Å². The fourth-order valence-corrected chi connectivity index (χ4v) is 3.42. The number of hydrogen-bond donors (Lipinski definition) is 0. The van der Waals surface area contributed by atoms with Gasteiger partial charge >= 0.3 is 6.18 Å². The van der Waals surface area contributed by atoms with Gasteiger partial charge in [-0.3, -0.25) is 0 Å². The molecular weight excluding hydrogens is 371 g/mol. The van der Waals surface area contributed by atoms with Crippen molar-refractivity contribution in [2.45, 2.75) is 13.1 Å². The standard InChI is InChI=1S/C16H14F3N3O3S/c1-10-13(25-9-16(17,18)19)7-8-20-14(10)15-21-11-5-3-4-6-12(11)22(15,23)26(2)24/h3-8H,9H2,1-2H3. The van der Waals surface area contributed by atoms with Crippen LogP contribution in [0.15, 0.2) is 41.5 Å². The lowest BCUT2D eigenvalue weighted by Gasteiger charge is -2.34. The molecular formula is C16H14F3N3O3S. The van der Waals surface area contributed by atoms with Crippen molar-refractivity contribution in [2.75, 3.05) is 12.9 Å². The Bertz CT molecular complexity index is 917. The van der Waals surface area contributed by atoms with Gasteiger partial charge in [-0.15, -0.1) is 0 Å². The van der Waals surface area contributed by atoms with Crippen molar-refractivity contribution in [3.05, 3.63) is 53.0 Å². The molecule has 3 rings (SSSR count). The van der Waals surface area contributed by atoms with Gasteiger partial charge in [0.05, 0.1) is 6.26 Å². The second kappa shape index (κ2) is 6.45. The molecule has 0 bridgehead atoms. The molecule has 138 valence electrons. The SMILES string of the molecule is Cc1c(OCC(F)(F)F)ccnc1C1=Nc2ccccc2[N+]1([O-])S(C)=O. The van der Waals surface area contributed by atoms with E-state index < -0.39 is 27.8 Å². The zero-order valence-corrected chi connectivity index (χ0v) is 14.6. The topological polar surface area (TPSA) is 74.6 Å². The smallest absolute Gasteiger partial charge is 0.422 e. The van der Waals surface area contributed by atoms with Crippen LogP contribution in [0.25, 0.3) is 0 Å². The number of amidine groups is 1. The van der Waals surface area contributed by atoms with Crippen molar-refractivity contribution in [3.8, 4) is 5.75 Å². The highest BCUT2D eigenvalue weighted by molar-refractivity contribution is 7.84. The number of para-hydroxylation sites is 2. The van der Waals surface area contributed by atoms with Crippen LogP contribution in [0, 0.1) is 12.1 Å². The third-order valence-electron chi connectivity index (χ3n) is 3.82. The van der Waals surface area contributed by atoms with Crippen molar-refractivity contribution < 1.29 is 22.1 Å². The highest BCUT2D eigenvalue weighted by Crippen LogP contribution is 2.43. The fourth-order valence-electron chi connectivity index (χ4n) is 2.61. The van der Waals surface area contributed by atoms with Crippen molar-refractivity contribution in [3.63, 3.8) is 0 Å². The molecule has 6 nitrogen and oxygen atoms in total. The van der Waals surface area contributed by atoms with Crippen LogP contribution in [0.3, 0.4) is 0 Å². The van der Waals surface area contributed by atoms with Crippen LogP contribution in [0.2, 0.25) is 0 Å². The summed E-state index contributed by atoms with van der Waals surface area (Å²) in [6.45, 7) is 0.00352. The molecule has 2 unspecified atom stereocenters. The minimum Gasteiger partial charge on any atom is -0.606 e. The van der Waals surface area contributed by atoms with E-state index in [2.05, 4.69) is 9.98 Å². The van der Waals surface area contributed by atoms with Crippen LogP contribution in [-0.2, 0) is 11.0 Å². The van der Waals surface area contributed by atoms with E-state index in [4.69, 9.17) is 4.74 Å². The molecule has 2 aromatic rings. The first-order valence-electron chi connectivity index (χ1n) is 7.43. The Morgan fingerprint density at radius 2 is 1.96 bits per heavy atom. The first-order chi connectivity index (χ1) is 12.1. The molecule has 2 heterocycles. The molecule has 1 aliphatic heterocycles. The summed E-state index contributed by atoms with van der Waals surface area (Å²) in [5, 5.41) is 13.4. The Hall–Kier alpha value is -2.30. The van der Waals surface area contributed by atoms with Gasteiger partial charge in [-0.05, 0) is 19.1 Å². The van der Waals surface area contributed by atoms with Crippen molar-refractivity contribution in [2.24, 2.45) is 4.99 Å². The first-order valence-corrected chi connectivity index (χ1v) is 8.94. The number of alkyl halides is 3. The molecule has 0 fully saturated rings. The third-order valence-corrected chi connectivity index (χ3v) is 4.92. The summed E-state index contributed by atoms with van der Waals surface area (Å²) in [4.78, 5) is 8.33. The van der Waals surface area contributed by atoms with E-state index >= 15 is 0 Å². The van der Waals surface area contributed by atoms with Gasteiger partial charge in [-0.2, -0.15) is 26.4 Å². The number of benzene rings is 1. The Morgan fingerprint density at radius 3 is 2.62 bits per heavy atom. The lowest BCUT2D eigenvalue weighted by molar-refractivity contribution is -0.153. The maximum Gasteiger partial charge on any atom is 0.422 e. The normalized spacial score (nSPS) is 20.5. The number of hydrogen-bond acceptors (Lipinski definition) is 5. The number of ether oxygens (including phenoxy) is 1. The Labute approximate surface area is 149 Å². The predicted octanol–water partition coefficient (Wildman–Crippen LogP) is 3.52. The van der Waals surface area contributed by atoms with Crippen LogP contribution < -0.4 is 8.79 Å². The van der Waals surface area contributed by atoms with E-state index in [9.17, 15) is 22.6 Å². The van der Waals surface area contributed by atoms with Gasteiger partial charge in [0.25, 0.3) is 5.84 Å². The van der Waals surface area contributed by atoms with Crippen LogP contribution in [0.4, 0.5) is 24.5 Å². The van der Waals surface area contributed by atoms with Crippen molar-refractivity contribution >= 4 is 28.2 Å². The molecule has 0 N–H and O–H groups in total. The molecule has 0 saturated heterocycles. The fraction of sp³-hybridized carbons (Fsp3) is 0.250. The third kappa shape index (κ3) is 3.11. The number of fused-ring (bicyclic) bond motifs is 1. The molecule has 10 heteroatoms. The molecule has 1 aromatic carbocycles. The van der Waals surface area contributed by atoms with E-state index in [1.807, 2.05) is 0 Å². The molecule has 2 atom stereocenters. The van der Waals surface area contributed by atoms with Gasteiger partial charge in [0, 0.05) is 17.8 Å². The molecule has 0 saturated carbocycles. The molecule has 0 radical (unpaired) electrons. The van der Waals surface area contributed by atoms with E-state index in [1.165, 1.54) is 31.5 Å². The van der Waals surface area contributed by atoms with Crippen molar-refractivity contribution in [1.82, 2.24) is 9.04 Å². The summed E-state index contributed by atoms with van der Waals surface area (Å²) in [6.07, 6.45) is -2.04. The monoisotopic (exact) mass is 385 g/mol. The largest absolute Gasteiger partial charge is 0.606 e. The van der Waals surface area contributed by atoms with E-state index in [0.717, 1.165) is 0 Å². The van der Waals surface area contributed by atoms with Gasteiger partial charge < -0.3 is 9.94 Å². The van der Waals surface area contributed by atoms with Gasteiger partial charge in [0.2, 0.25) is 11.0 Å². The first kappa shape index (κ1) is 18.5. The summed E-state index contributed by atoms with van der Waals surface area (Å²) in [7, 11) is -1.94. The summed E-state index contributed by atoms with van der Waals surface area (Å²) in [5.41, 5.74) is 0.792. The number of quaternary nitrogens is 1. The predicted molar refractivity (Wildman–Crippen MR) is 92.4 cm³/mol. The highest BCUT2D eigenvalue weighted by atomic mass is 32.2. The number of halogens is 3. The van der Waals surface area contributed by atoms with Crippen LogP contribution in [0.1, 0.15) is 11.3 Å². The van der Waals surface area contributed by atoms with E-state index in [0.29, 0.717) is 5.69 Å². The summed E-state index contributed by atoms with van der Waals surface area (Å²) in [6, 6.07) is 7.68. The van der Waals surface area contributed by atoms with Gasteiger partial charge in [-0.25, -0.2) is 4.98 Å². The Morgan fingerprint density at radius 1 is 1.27 bits per heavy atom. The maximum absolute atomic E-state index is 13.4. The molecule has 26 heavy (non-hydrogen) atoms. The molecule has 1 aliphatic rings. The lowest BCUT2D eigenvalue weighted by atomic mass is 10.2. The molecule has 1 aromatic heterocycles. The lowest BCUT2D eigenvalue weighted by Crippen LogP contribution is -2.48. The average Bonchev–Trinajstić information content (AvgIpc) is 2.88. The van der Waals surface area contributed by atoms with Gasteiger partial charge in [-0.1, -0.05) is 12.1 Å². The van der Waals surface area contributed by atoms with Crippen LogP contribution in [-0.4, -0.2) is 34.1 Å². The van der Waals surface area contributed by atoms with Crippen LogP contribution in [0.5, 0.6) is 5.75 Å². The number of rotatable bonds is 4. The molecule has 0 amide bonds. The molecule has 0 spiro atoms. The number of nitrogens with zero attached hydrogens (tertiary/aromatic N) is 3. The minimum absolute atomic E-state index is 0.0473. The van der Waals surface area contributed by atoms with Crippen LogP contribution >= 0.6 is 0 Å². The summed E-state index contributed by atoms with van der Waals surface area (Å²) < 4.78 is 53.0. The second-order valence-corrected chi connectivity index (χ2v) is 6.95. The molecule has 0 aliphatic carbocycles. The second-order valence-electron chi connectivity index (χ2n) is 5.59. The number of hydroxylamine groups is 1. The zero-order chi connectivity index (χ0) is 19.1. The Kier molecular flexibility index (Phi) is 4.59. The minimum atomic E-state index is -4.50. The number of pyridine rings is 1. The summed E-state index contributed by atoms with van der Waals surface area (Å²) >= 11 is 0. The zero-order valence-electron chi connectivity index (χ0n) is 13.8. The van der Waals surface area contributed by atoms with Gasteiger partial charge in [0.1, 0.15) is 11.4 Å². The van der Waals surface area contributed by atoms with Gasteiger partial charge in [0.15, 0.2) is 18.0 Å².